The molecule has 1 aliphatic heterocycles. The summed E-state index contributed by atoms with van der Waals surface area (Å²) in [5.41, 5.74) is 0.778. The number of ether oxygens (including phenoxy) is 4. The summed E-state index contributed by atoms with van der Waals surface area (Å²) in [5.74, 6) is -1.92. The Morgan fingerprint density at radius 3 is 2.28 bits per heavy atom. The molecule has 9 heteroatoms. The number of phenolic OH excluding ortho intramolecular Hbond substituents is 2. The molecular weight excluding hydrogens is 468 g/mol. The van der Waals surface area contributed by atoms with Gasteiger partial charge in [-0.2, -0.15) is 0 Å². The highest BCUT2D eigenvalue weighted by Gasteiger charge is 2.38. The molecule has 3 aromatic carbocycles. The first kappa shape index (κ1) is 23.1. The fourth-order valence-electron chi connectivity index (χ4n) is 4.62. The van der Waals surface area contributed by atoms with E-state index < -0.39 is 28.8 Å². The molecule has 2 heterocycles. The molecular formula is C27H22O9. The van der Waals surface area contributed by atoms with Crippen LogP contribution in [0.5, 0.6) is 34.5 Å². The molecule has 36 heavy (non-hydrogen) atoms. The number of carbonyl (C=O) groups is 1. The van der Waals surface area contributed by atoms with Crippen molar-refractivity contribution in [3.05, 3.63) is 69.9 Å². The quantitative estimate of drug-likeness (QED) is 0.239. The van der Waals surface area contributed by atoms with Gasteiger partial charge in [0.2, 0.25) is 11.5 Å². The molecule has 0 aliphatic carbocycles. The maximum Gasteiger partial charge on any atom is 0.312 e. The van der Waals surface area contributed by atoms with Gasteiger partial charge in [0, 0.05) is 23.1 Å². The maximum absolute atomic E-state index is 13.1. The lowest BCUT2D eigenvalue weighted by Gasteiger charge is -2.28. The van der Waals surface area contributed by atoms with Gasteiger partial charge in [0.1, 0.15) is 16.7 Å². The number of carbonyl (C=O) groups excluding carboxylic acids is 1. The highest BCUT2D eigenvalue weighted by molar-refractivity contribution is 5.96. The Balaban J connectivity index is 1.88. The summed E-state index contributed by atoms with van der Waals surface area (Å²) >= 11 is 0. The molecule has 4 aromatic rings. The van der Waals surface area contributed by atoms with Gasteiger partial charge in [-0.25, -0.2) is 0 Å². The van der Waals surface area contributed by atoms with Crippen LogP contribution in [0.2, 0.25) is 0 Å². The molecule has 5 rings (SSSR count). The number of benzene rings is 3. The van der Waals surface area contributed by atoms with Crippen LogP contribution in [-0.4, -0.2) is 37.5 Å². The van der Waals surface area contributed by atoms with Crippen LogP contribution in [0.4, 0.5) is 0 Å². The minimum atomic E-state index is -0.779. The van der Waals surface area contributed by atoms with Crippen LogP contribution >= 0.6 is 0 Å². The Hall–Kier alpha value is -4.66. The number of hydrogen-bond donors (Lipinski definition) is 2. The Bertz CT molecular complexity index is 1550. The van der Waals surface area contributed by atoms with Crippen molar-refractivity contribution in [1.82, 2.24) is 0 Å². The van der Waals surface area contributed by atoms with E-state index in [9.17, 15) is 19.8 Å². The number of rotatable bonds is 5. The summed E-state index contributed by atoms with van der Waals surface area (Å²) < 4.78 is 28.0. The van der Waals surface area contributed by atoms with Crippen molar-refractivity contribution in [1.29, 1.82) is 0 Å². The molecule has 9 nitrogen and oxygen atoms in total. The molecule has 0 saturated carbocycles. The van der Waals surface area contributed by atoms with Crippen molar-refractivity contribution in [3.8, 4) is 45.8 Å². The fourth-order valence-corrected chi connectivity index (χ4v) is 4.62. The lowest BCUT2D eigenvalue weighted by atomic mass is 9.84. The average Bonchev–Trinajstić information content (AvgIpc) is 2.90. The lowest BCUT2D eigenvalue weighted by molar-refractivity contribution is -0.135. The van der Waals surface area contributed by atoms with Crippen LogP contribution in [-0.2, 0) is 4.79 Å². The van der Waals surface area contributed by atoms with Gasteiger partial charge in [-0.3, -0.25) is 9.59 Å². The smallest absolute Gasteiger partial charge is 0.312 e. The van der Waals surface area contributed by atoms with E-state index in [1.54, 1.807) is 36.4 Å². The second-order valence-electron chi connectivity index (χ2n) is 8.14. The predicted octanol–water partition coefficient (Wildman–Crippen LogP) is 4.34. The number of aromatic hydroxyl groups is 2. The molecule has 0 amide bonds. The molecule has 2 N–H and O–H groups in total. The SMILES string of the molecule is COc1ccc([C@@H]2CC(=O)Oc3c(O)c(O)c4c(=O)cc(-c5ccccc5)oc4c32)c(OC)c1OC. The average molecular weight is 490 g/mol. The van der Waals surface area contributed by atoms with Crippen LogP contribution in [0.25, 0.3) is 22.3 Å². The van der Waals surface area contributed by atoms with E-state index in [-0.39, 0.29) is 34.5 Å². The summed E-state index contributed by atoms with van der Waals surface area (Å²) in [6.07, 6.45) is -0.155. The van der Waals surface area contributed by atoms with Gasteiger partial charge in [0.25, 0.3) is 0 Å². The molecule has 1 atom stereocenters. The topological polar surface area (TPSA) is 125 Å². The Labute approximate surface area is 205 Å². The van der Waals surface area contributed by atoms with Gasteiger partial charge in [-0.1, -0.05) is 36.4 Å². The predicted molar refractivity (Wildman–Crippen MR) is 129 cm³/mol. The zero-order valence-corrected chi connectivity index (χ0v) is 19.7. The van der Waals surface area contributed by atoms with E-state index in [2.05, 4.69) is 0 Å². The zero-order chi connectivity index (χ0) is 25.6. The van der Waals surface area contributed by atoms with Crippen molar-refractivity contribution in [2.45, 2.75) is 12.3 Å². The van der Waals surface area contributed by atoms with E-state index in [1.807, 2.05) is 6.07 Å². The molecule has 0 unspecified atom stereocenters. The summed E-state index contributed by atoms with van der Waals surface area (Å²) in [4.78, 5) is 25.8. The van der Waals surface area contributed by atoms with Crippen molar-refractivity contribution >= 4 is 16.9 Å². The number of hydrogen-bond acceptors (Lipinski definition) is 9. The van der Waals surface area contributed by atoms with Gasteiger partial charge in [-0.05, 0) is 6.07 Å². The molecule has 1 aliphatic rings. The Morgan fingerprint density at radius 1 is 0.889 bits per heavy atom. The van der Waals surface area contributed by atoms with E-state index in [1.165, 1.54) is 27.4 Å². The zero-order valence-electron chi connectivity index (χ0n) is 19.7. The molecule has 0 saturated heterocycles. The van der Waals surface area contributed by atoms with Gasteiger partial charge in [0.15, 0.2) is 28.4 Å². The van der Waals surface area contributed by atoms with Crippen molar-refractivity contribution in [2.75, 3.05) is 21.3 Å². The first-order valence-corrected chi connectivity index (χ1v) is 11.0. The van der Waals surface area contributed by atoms with Crippen molar-refractivity contribution in [2.24, 2.45) is 0 Å². The van der Waals surface area contributed by atoms with Gasteiger partial charge in [-0.15, -0.1) is 0 Å². The molecule has 1 aromatic heterocycles. The standard InChI is InChI=1S/C27H22O9/c1-32-17-10-9-14(24(33-2)25(17)34-3)15-11-19(29)36-27-20(15)26-21(22(30)23(27)31)16(28)12-18(35-26)13-7-5-4-6-8-13/h4-10,12,15,30-31H,11H2,1-3H3/t15-/m0/s1. The third kappa shape index (κ3) is 3.48. The number of esters is 1. The third-order valence-corrected chi connectivity index (χ3v) is 6.22. The van der Waals surface area contributed by atoms with Crippen LogP contribution in [0.15, 0.2) is 57.7 Å². The van der Waals surface area contributed by atoms with Crippen molar-refractivity contribution in [3.63, 3.8) is 0 Å². The molecule has 0 spiro atoms. The molecule has 0 radical (unpaired) electrons. The first-order valence-electron chi connectivity index (χ1n) is 11.0. The van der Waals surface area contributed by atoms with E-state index in [4.69, 9.17) is 23.4 Å². The Kier molecular flexibility index (Phi) is 5.68. The summed E-state index contributed by atoms with van der Waals surface area (Å²) in [6, 6.07) is 13.5. The number of fused-ring (bicyclic) bond motifs is 3. The highest BCUT2D eigenvalue weighted by Crippen LogP contribution is 2.54. The van der Waals surface area contributed by atoms with Crippen molar-refractivity contribution < 1.29 is 38.4 Å². The monoisotopic (exact) mass is 490 g/mol. The van der Waals surface area contributed by atoms with E-state index in [0.29, 0.717) is 28.4 Å². The fraction of sp³-hybridized carbons (Fsp3) is 0.185. The van der Waals surface area contributed by atoms with E-state index >= 15 is 0 Å². The summed E-state index contributed by atoms with van der Waals surface area (Å²) in [5, 5.41) is 21.2. The molecule has 184 valence electrons. The van der Waals surface area contributed by atoms with Gasteiger partial charge in [0.05, 0.1) is 33.3 Å². The highest BCUT2D eigenvalue weighted by atomic mass is 16.5. The summed E-state index contributed by atoms with van der Waals surface area (Å²) in [6.45, 7) is 0. The molecule has 0 fully saturated rings. The lowest BCUT2D eigenvalue weighted by Crippen LogP contribution is -2.22. The second kappa shape index (κ2) is 8.84. The number of methoxy groups -OCH3 is 3. The van der Waals surface area contributed by atoms with Crippen LogP contribution in [0, 0.1) is 0 Å². The van der Waals surface area contributed by atoms with Gasteiger partial charge < -0.3 is 33.6 Å². The van der Waals surface area contributed by atoms with Crippen LogP contribution < -0.4 is 24.4 Å². The van der Waals surface area contributed by atoms with Crippen LogP contribution in [0.1, 0.15) is 23.5 Å². The maximum atomic E-state index is 13.1. The van der Waals surface area contributed by atoms with Crippen LogP contribution in [0.3, 0.4) is 0 Å². The minimum Gasteiger partial charge on any atom is -0.504 e. The van der Waals surface area contributed by atoms with Gasteiger partial charge >= 0.3 is 5.97 Å². The largest absolute Gasteiger partial charge is 0.504 e. The second-order valence-corrected chi connectivity index (χ2v) is 8.14. The van der Waals surface area contributed by atoms with E-state index in [0.717, 1.165) is 0 Å². The normalized spacial score (nSPS) is 14.8. The minimum absolute atomic E-state index is 0.0130. The first-order chi connectivity index (χ1) is 17.4. The molecule has 0 bridgehead atoms. The Morgan fingerprint density at radius 2 is 1.61 bits per heavy atom. The number of phenols is 2. The third-order valence-electron chi connectivity index (χ3n) is 6.22. The summed E-state index contributed by atoms with van der Waals surface area (Å²) in [7, 11) is 4.39.